The van der Waals surface area contributed by atoms with Crippen LogP contribution in [-0.2, 0) is 9.47 Å². The highest BCUT2D eigenvalue weighted by Crippen LogP contribution is 2.32. The van der Waals surface area contributed by atoms with Crippen LogP contribution in [0.15, 0.2) is 52.2 Å². The first kappa shape index (κ1) is 17.1. The smallest absolute Gasteiger partial charge is 0.338 e. The number of rotatable bonds is 4. The van der Waals surface area contributed by atoms with Gasteiger partial charge in [0.15, 0.2) is 12.3 Å². The molecule has 0 spiro atoms. The molecule has 2 N–H and O–H groups in total. The summed E-state index contributed by atoms with van der Waals surface area (Å²) in [5.41, 5.74) is -0.900. The van der Waals surface area contributed by atoms with E-state index < -0.39 is 41.8 Å². The zero-order chi connectivity index (χ0) is 18.0. The SMILES string of the molecule is CC[C@@H]1O[C@H](n2ccc(=O)[nH]c2=O)C(O)C1OC(=O)c1ccccc1. The van der Waals surface area contributed by atoms with Crippen LogP contribution in [0.5, 0.6) is 0 Å². The van der Waals surface area contributed by atoms with Crippen LogP contribution < -0.4 is 11.2 Å². The molecule has 0 aliphatic carbocycles. The zero-order valence-electron chi connectivity index (χ0n) is 13.5. The van der Waals surface area contributed by atoms with Gasteiger partial charge in [-0.3, -0.25) is 14.3 Å². The zero-order valence-corrected chi connectivity index (χ0v) is 13.5. The number of hydrogen-bond donors (Lipinski definition) is 2. The van der Waals surface area contributed by atoms with Gasteiger partial charge < -0.3 is 14.6 Å². The monoisotopic (exact) mass is 346 g/mol. The minimum Gasteiger partial charge on any atom is -0.453 e. The van der Waals surface area contributed by atoms with Crippen LogP contribution in [-0.4, -0.2) is 38.9 Å². The summed E-state index contributed by atoms with van der Waals surface area (Å²) in [7, 11) is 0. The molecule has 1 aliphatic rings. The van der Waals surface area contributed by atoms with Gasteiger partial charge in [-0.2, -0.15) is 0 Å². The Labute approximate surface area is 142 Å². The molecular formula is C17H18N2O6. The number of aromatic nitrogens is 2. The van der Waals surface area contributed by atoms with Gasteiger partial charge in [-0.25, -0.2) is 9.59 Å². The molecule has 132 valence electrons. The van der Waals surface area contributed by atoms with Gasteiger partial charge in [0.1, 0.15) is 6.10 Å². The maximum atomic E-state index is 12.3. The molecule has 2 aromatic rings. The minimum absolute atomic E-state index is 0.356. The summed E-state index contributed by atoms with van der Waals surface area (Å²) in [4.78, 5) is 37.5. The van der Waals surface area contributed by atoms with Crippen LogP contribution >= 0.6 is 0 Å². The number of esters is 1. The summed E-state index contributed by atoms with van der Waals surface area (Å²) in [6, 6.07) is 9.56. The summed E-state index contributed by atoms with van der Waals surface area (Å²) >= 11 is 0. The number of benzene rings is 1. The predicted molar refractivity (Wildman–Crippen MR) is 87.2 cm³/mol. The van der Waals surface area contributed by atoms with Gasteiger partial charge in [0.25, 0.3) is 5.56 Å². The van der Waals surface area contributed by atoms with Crippen molar-refractivity contribution >= 4 is 5.97 Å². The van der Waals surface area contributed by atoms with Crippen LogP contribution in [0.3, 0.4) is 0 Å². The topological polar surface area (TPSA) is 111 Å². The van der Waals surface area contributed by atoms with Crippen molar-refractivity contribution in [2.45, 2.75) is 37.9 Å². The fourth-order valence-corrected chi connectivity index (χ4v) is 2.82. The lowest BCUT2D eigenvalue weighted by Gasteiger charge is -2.20. The highest BCUT2D eigenvalue weighted by atomic mass is 16.6. The lowest BCUT2D eigenvalue weighted by Crippen LogP contribution is -2.39. The first-order valence-electron chi connectivity index (χ1n) is 7.92. The molecule has 1 saturated heterocycles. The molecule has 4 atom stereocenters. The molecule has 0 bridgehead atoms. The molecule has 8 heteroatoms. The lowest BCUT2D eigenvalue weighted by atomic mass is 10.1. The Kier molecular flexibility index (Phi) is 4.82. The summed E-state index contributed by atoms with van der Waals surface area (Å²) in [6.45, 7) is 1.82. The number of aromatic amines is 1. The third-order valence-corrected chi connectivity index (χ3v) is 4.09. The van der Waals surface area contributed by atoms with Crippen molar-refractivity contribution in [1.82, 2.24) is 9.55 Å². The molecule has 2 unspecified atom stereocenters. The van der Waals surface area contributed by atoms with E-state index in [-0.39, 0.29) is 0 Å². The fraction of sp³-hybridized carbons (Fsp3) is 0.353. The Morgan fingerprint density at radius 3 is 2.64 bits per heavy atom. The fourth-order valence-electron chi connectivity index (χ4n) is 2.82. The first-order valence-corrected chi connectivity index (χ1v) is 7.92. The van der Waals surface area contributed by atoms with Gasteiger partial charge in [-0.1, -0.05) is 25.1 Å². The van der Waals surface area contributed by atoms with Crippen molar-refractivity contribution in [3.63, 3.8) is 0 Å². The van der Waals surface area contributed by atoms with Crippen LogP contribution in [0.4, 0.5) is 0 Å². The van der Waals surface area contributed by atoms with Crippen molar-refractivity contribution in [2.75, 3.05) is 0 Å². The van der Waals surface area contributed by atoms with Crippen LogP contribution in [0.25, 0.3) is 0 Å². The van der Waals surface area contributed by atoms with E-state index in [0.29, 0.717) is 12.0 Å². The Morgan fingerprint density at radius 2 is 2.00 bits per heavy atom. The number of H-pyrrole nitrogens is 1. The average Bonchev–Trinajstić information content (AvgIpc) is 2.92. The van der Waals surface area contributed by atoms with Crippen LogP contribution in [0.2, 0.25) is 0 Å². The third kappa shape index (κ3) is 3.40. The molecular weight excluding hydrogens is 328 g/mol. The van der Waals surface area contributed by atoms with Crippen molar-refractivity contribution in [3.05, 3.63) is 69.0 Å². The first-order chi connectivity index (χ1) is 12.0. The number of hydrogen-bond acceptors (Lipinski definition) is 6. The Morgan fingerprint density at radius 1 is 1.28 bits per heavy atom. The van der Waals surface area contributed by atoms with E-state index >= 15 is 0 Å². The molecule has 1 aromatic carbocycles. The standard InChI is InChI=1S/C17H18N2O6/c1-2-11-14(25-16(22)10-6-4-3-5-7-10)13(21)15(24-11)19-9-8-12(20)18-17(19)23/h3-9,11,13-15,21H,2H2,1H3,(H,18,20,23)/t11-,13?,14?,15-/m0/s1. The normalized spacial score (nSPS) is 25.7. The average molecular weight is 346 g/mol. The number of nitrogens with zero attached hydrogens (tertiary/aromatic N) is 1. The molecule has 2 heterocycles. The number of nitrogens with one attached hydrogen (secondary N) is 1. The second-order valence-electron chi connectivity index (χ2n) is 5.72. The van der Waals surface area contributed by atoms with E-state index in [1.54, 1.807) is 30.3 Å². The lowest BCUT2D eigenvalue weighted by molar-refractivity contribution is -0.0405. The van der Waals surface area contributed by atoms with Gasteiger partial charge in [0.2, 0.25) is 0 Å². The quantitative estimate of drug-likeness (QED) is 0.777. The maximum Gasteiger partial charge on any atom is 0.338 e. The van der Waals surface area contributed by atoms with Gasteiger partial charge in [0.05, 0.1) is 11.7 Å². The highest BCUT2D eigenvalue weighted by Gasteiger charge is 2.46. The summed E-state index contributed by atoms with van der Waals surface area (Å²) < 4.78 is 12.2. The minimum atomic E-state index is -1.25. The Hall–Kier alpha value is -2.71. The van der Waals surface area contributed by atoms with E-state index in [4.69, 9.17) is 9.47 Å². The predicted octanol–water partition coefficient (Wildman–Crippen LogP) is 0.430. The molecule has 1 aromatic heterocycles. The molecule has 0 saturated carbocycles. The van der Waals surface area contributed by atoms with E-state index in [2.05, 4.69) is 4.98 Å². The van der Waals surface area contributed by atoms with Crippen molar-refractivity contribution in [1.29, 1.82) is 0 Å². The number of carbonyl (C=O) groups excluding carboxylic acids is 1. The van der Waals surface area contributed by atoms with E-state index in [1.807, 2.05) is 6.92 Å². The Bertz CT molecular complexity index is 859. The maximum absolute atomic E-state index is 12.3. The largest absolute Gasteiger partial charge is 0.453 e. The second kappa shape index (κ2) is 7.04. The number of carbonyl (C=O) groups is 1. The molecule has 8 nitrogen and oxygen atoms in total. The van der Waals surface area contributed by atoms with Gasteiger partial charge in [-0.05, 0) is 18.6 Å². The van der Waals surface area contributed by atoms with E-state index in [9.17, 15) is 19.5 Å². The number of aliphatic hydroxyl groups excluding tert-OH is 1. The van der Waals surface area contributed by atoms with Crippen LogP contribution in [0, 0.1) is 0 Å². The molecule has 0 radical (unpaired) electrons. The van der Waals surface area contributed by atoms with Crippen molar-refractivity contribution in [2.24, 2.45) is 0 Å². The number of aliphatic hydroxyl groups is 1. The summed E-state index contributed by atoms with van der Waals surface area (Å²) in [5.74, 6) is -0.582. The highest BCUT2D eigenvalue weighted by molar-refractivity contribution is 5.89. The Balaban J connectivity index is 1.84. The van der Waals surface area contributed by atoms with E-state index in [1.165, 1.54) is 6.20 Å². The number of ether oxygens (including phenoxy) is 2. The summed E-state index contributed by atoms with van der Waals surface area (Å²) in [5, 5.41) is 10.5. The molecule has 3 rings (SSSR count). The van der Waals surface area contributed by atoms with Gasteiger partial charge in [0, 0.05) is 12.3 Å². The van der Waals surface area contributed by atoms with Gasteiger partial charge in [-0.15, -0.1) is 0 Å². The molecule has 1 aliphatic heterocycles. The molecule has 0 amide bonds. The third-order valence-electron chi connectivity index (χ3n) is 4.09. The second-order valence-corrected chi connectivity index (χ2v) is 5.72. The molecule has 1 fully saturated rings. The van der Waals surface area contributed by atoms with Crippen molar-refractivity contribution in [3.8, 4) is 0 Å². The summed E-state index contributed by atoms with van der Waals surface area (Å²) in [6.07, 6.45) is -2.10. The molecule has 25 heavy (non-hydrogen) atoms. The van der Waals surface area contributed by atoms with Gasteiger partial charge >= 0.3 is 11.7 Å². The van der Waals surface area contributed by atoms with Crippen molar-refractivity contribution < 1.29 is 19.4 Å². The van der Waals surface area contributed by atoms with E-state index in [0.717, 1.165) is 10.6 Å². The van der Waals surface area contributed by atoms with Crippen LogP contribution in [0.1, 0.15) is 29.9 Å².